The number of aromatic nitrogens is 3. The van der Waals surface area contributed by atoms with Gasteiger partial charge in [0.15, 0.2) is 5.13 Å². The number of benzene rings is 1. The third-order valence-electron chi connectivity index (χ3n) is 3.63. The maximum absolute atomic E-state index is 12.4. The van der Waals surface area contributed by atoms with Crippen molar-refractivity contribution in [1.82, 2.24) is 14.8 Å². The van der Waals surface area contributed by atoms with Crippen LogP contribution in [0, 0.1) is 10.1 Å². The number of aryl methyl sites for hydroxylation is 1. The number of nitrogens with zero attached hydrogens (tertiary/aromatic N) is 4. The van der Waals surface area contributed by atoms with Crippen LogP contribution >= 0.6 is 11.3 Å². The minimum absolute atomic E-state index is 0.278. The van der Waals surface area contributed by atoms with E-state index in [1.54, 1.807) is 37.8 Å². The van der Waals surface area contributed by atoms with Gasteiger partial charge in [-0.2, -0.15) is 5.10 Å². The van der Waals surface area contributed by atoms with Crippen LogP contribution in [0.1, 0.15) is 10.5 Å². The van der Waals surface area contributed by atoms with Crippen LogP contribution in [0.25, 0.3) is 11.3 Å². The standard InChI is InChI=1S/C16H15N5O5S/c1-20-7-12(21(23)24)14(19-20)15(22)18-16-17-11(8-27-16)10-6-9(25-2)4-5-13(10)26-3/h4-8H,1-3H3,(H,17,18,22). The molecule has 0 aliphatic rings. The summed E-state index contributed by atoms with van der Waals surface area (Å²) in [6.07, 6.45) is 1.17. The Labute approximate surface area is 157 Å². The first-order chi connectivity index (χ1) is 12.9. The summed E-state index contributed by atoms with van der Waals surface area (Å²) < 4.78 is 11.8. The van der Waals surface area contributed by atoms with Crippen molar-refractivity contribution >= 4 is 28.1 Å². The predicted molar refractivity (Wildman–Crippen MR) is 98.5 cm³/mol. The summed E-state index contributed by atoms with van der Waals surface area (Å²) in [5.41, 5.74) is 0.610. The van der Waals surface area contributed by atoms with E-state index in [1.165, 1.54) is 29.3 Å². The van der Waals surface area contributed by atoms with E-state index < -0.39 is 10.8 Å². The average Bonchev–Trinajstić information content (AvgIpc) is 3.27. The van der Waals surface area contributed by atoms with Gasteiger partial charge in [-0.25, -0.2) is 4.98 Å². The van der Waals surface area contributed by atoms with Crippen LogP contribution in [0.3, 0.4) is 0 Å². The number of amides is 1. The van der Waals surface area contributed by atoms with E-state index in [4.69, 9.17) is 9.47 Å². The van der Waals surface area contributed by atoms with Crippen LogP contribution in [0.15, 0.2) is 29.8 Å². The fourth-order valence-electron chi connectivity index (χ4n) is 2.40. The van der Waals surface area contributed by atoms with Crippen LogP contribution in [-0.2, 0) is 7.05 Å². The maximum atomic E-state index is 12.4. The van der Waals surface area contributed by atoms with Crippen molar-refractivity contribution in [3.05, 3.63) is 45.6 Å². The van der Waals surface area contributed by atoms with Crippen LogP contribution in [0.5, 0.6) is 11.5 Å². The normalized spacial score (nSPS) is 10.5. The first-order valence-electron chi connectivity index (χ1n) is 7.60. The van der Waals surface area contributed by atoms with Gasteiger partial charge in [-0.3, -0.25) is 24.9 Å². The number of carbonyl (C=O) groups is 1. The molecule has 0 fully saturated rings. The number of ether oxygens (including phenoxy) is 2. The van der Waals surface area contributed by atoms with Crippen molar-refractivity contribution in [2.75, 3.05) is 19.5 Å². The number of nitro groups is 1. The summed E-state index contributed by atoms with van der Waals surface area (Å²) in [7, 11) is 4.60. The molecule has 27 heavy (non-hydrogen) atoms. The fraction of sp³-hybridized carbons (Fsp3) is 0.188. The topological polar surface area (TPSA) is 121 Å². The molecule has 0 spiro atoms. The van der Waals surface area contributed by atoms with Gasteiger partial charge in [-0.05, 0) is 18.2 Å². The lowest BCUT2D eigenvalue weighted by molar-refractivity contribution is -0.385. The number of hydrogen-bond donors (Lipinski definition) is 1. The molecule has 0 atom stereocenters. The summed E-state index contributed by atoms with van der Waals surface area (Å²) in [5, 5.41) is 19.4. The Morgan fingerprint density at radius 1 is 1.33 bits per heavy atom. The van der Waals surface area contributed by atoms with Crippen LogP contribution in [0.2, 0.25) is 0 Å². The fourth-order valence-corrected chi connectivity index (χ4v) is 3.10. The van der Waals surface area contributed by atoms with Crippen molar-refractivity contribution in [1.29, 1.82) is 0 Å². The quantitative estimate of drug-likeness (QED) is 0.508. The third kappa shape index (κ3) is 3.72. The molecule has 0 saturated carbocycles. The maximum Gasteiger partial charge on any atom is 0.320 e. The van der Waals surface area contributed by atoms with Gasteiger partial charge in [0.1, 0.15) is 17.7 Å². The average molecular weight is 389 g/mol. The number of nitrogens with one attached hydrogen (secondary N) is 1. The third-order valence-corrected chi connectivity index (χ3v) is 4.39. The molecule has 140 valence electrons. The SMILES string of the molecule is COc1ccc(OC)c(-c2csc(NC(=O)c3nn(C)cc3[N+](=O)[O-])n2)c1. The highest BCUT2D eigenvalue weighted by molar-refractivity contribution is 7.14. The van der Waals surface area contributed by atoms with Crippen molar-refractivity contribution in [3.63, 3.8) is 0 Å². The van der Waals surface area contributed by atoms with Crippen molar-refractivity contribution in [3.8, 4) is 22.8 Å². The molecule has 0 radical (unpaired) electrons. The lowest BCUT2D eigenvalue weighted by Crippen LogP contribution is -2.14. The molecule has 3 aromatic rings. The van der Waals surface area contributed by atoms with E-state index in [1.807, 2.05) is 0 Å². The Kier molecular flexibility index (Phi) is 5.03. The second-order valence-corrected chi connectivity index (χ2v) is 6.21. The Hall–Kier alpha value is -3.47. The molecular weight excluding hydrogens is 374 g/mol. The molecule has 2 aromatic heterocycles. The second kappa shape index (κ2) is 7.41. The molecule has 0 aliphatic heterocycles. The molecule has 3 rings (SSSR count). The number of carbonyl (C=O) groups excluding carboxylic acids is 1. The summed E-state index contributed by atoms with van der Waals surface area (Å²) in [5.74, 6) is 0.522. The lowest BCUT2D eigenvalue weighted by atomic mass is 10.1. The zero-order chi connectivity index (χ0) is 19.6. The van der Waals surface area contributed by atoms with Crippen molar-refractivity contribution in [2.24, 2.45) is 7.05 Å². The summed E-state index contributed by atoms with van der Waals surface area (Å²) in [6, 6.07) is 5.28. The molecule has 1 amide bonds. The molecule has 2 heterocycles. The number of anilines is 1. The van der Waals surface area contributed by atoms with E-state index in [0.717, 1.165) is 0 Å². The minimum Gasteiger partial charge on any atom is -0.497 e. The zero-order valence-corrected chi connectivity index (χ0v) is 15.4. The molecule has 0 bridgehead atoms. The molecule has 0 saturated heterocycles. The largest absolute Gasteiger partial charge is 0.497 e. The molecule has 0 unspecified atom stereocenters. The van der Waals surface area contributed by atoms with Gasteiger partial charge >= 0.3 is 5.69 Å². The second-order valence-electron chi connectivity index (χ2n) is 5.35. The van der Waals surface area contributed by atoms with Gasteiger partial charge in [-0.15, -0.1) is 11.3 Å². The summed E-state index contributed by atoms with van der Waals surface area (Å²) >= 11 is 1.18. The van der Waals surface area contributed by atoms with Gasteiger partial charge in [-0.1, -0.05) is 0 Å². The van der Waals surface area contributed by atoms with Gasteiger partial charge in [0.25, 0.3) is 5.91 Å². The molecule has 11 heteroatoms. The number of methoxy groups -OCH3 is 2. The highest BCUT2D eigenvalue weighted by Gasteiger charge is 2.25. The van der Waals surface area contributed by atoms with Crippen LogP contribution < -0.4 is 14.8 Å². The highest BCUT2D eigenvalue weighted by Crippen LogP contribution is 2.35. The summed E-state index contributed by atoms with van der Waals surface area (Å²) in [4.78, 5) is 27.1. The monoisotopic (exact) mass is 389 g/mol. The molecule has 0 aliphatic carbocycles. The van der Waals surface area contributed by atoms with Gasteiger partial charge in [0, 0.05) is 18.0 Å². The Morgan fingerprint density at radius 2 is 2.11 bits per heavy atom. The van der Waals surface area contributed by atoms with Gasteiger partial charge in [0.05, 0.1) is 24.8 Å². The minimum atomic E-state index is -0.708. The lowest BCUT2D eigenvalue weighted by Gasteiger charge is -2.08. The van der Waals surface area contributed by atoms with Crippen LogP contribution in [-0.4, -0.2) is 39.8 Å². The molecule has 1 N–H and O–H groups in total. The number of hydrogen-bond acceptors (Lipinski definition) is 8. The first-order valence-corrected chi connectivity index (χ1v) is 8.48. The van der Waals surface area contributed by atoms with Crippen molar-refractivity contribution in [2.45, 2.75) is 0 Å². The number of rotatable bonds is 6. The van der Waals surface area contributed by atoms with Crippen LogP contribution in [0.4, 0.5) is 10.8 Å². The molecular formula is C16H15N5O5S. The van der Waals surface area contributed by atoms with E-state index in [2.05, 4.69) is 15.4 Å². The van der Waals surface area contributed by atoms with E-state index >= 15 is 0 Å². The Balaban J connectivity index is 1.87. The Bertz CT molecular complexity index is 1010. The molecule has 1 aromatic carbocycles. The number of thiazole rings is 1. The molecule has 10 nitrogen and oxygen atoms in total. The van der Waals surface area contributed by atoms with E-state index in [-0.39, 0.29) is 16.5 Å². The van der Waals surface area contributed by atoms with Gasteiger partial charge < -0.3 is 9.47 Å². The summed E-state index contributed by atoms with van der Waals surface area (Å²) in [6.45, 7) is 0. The van der Waals surface area contributed by atoms with E-state index in [0.29, 0.717) is 22.8 Å². The Morgan fingerprint density at radius 3 is 2.78 bits per heavy atom. The van der Waals surface area contributed by atoms with Crippen molar-refractivity contribution < 1.29 is 19.2 Å². The first kappa shape index (κ1) is 18.3. The zero-order valence-electron chi connectivity index (χ0n) is 14.6. The smallest absolute Gasteiger partial charge is 0.320 e. The van der Waals surface area contributed by atoms with E-state index in [9.17, 15) is 14.9 Å². The predicted octanol–water partition coefficient (Wildman–Crippen LogP) is 2.72. The van der Waals surface area contributed by atoms with Gasteiger partial charge in [0.2, 0.25) is 5.69 Å². The highest BCUT2D eigenvalue weighted by atomic mass is 32.1.